The molecule has 0 atom stereocenters. The number of benzene rings is 1. The lowest BCUT2D eigenvalue weighted by Crippen LogP contribution is -2.09. The van der Waals surface area contributed by atoms with E-state index >= 15 is 0 Å². The van der Waals surface area contributed by atoms with Crippen LogP contribution in [0, 0.1) is 5.82 Å². The van der Waals surface area contributed by atoms with E-state index in [2.05, 4.69) is 20.6 Å². The van der Waals surface area contributed by atoms with Crippen LogP contribution in [0.3, 0.4) is 0 Å². The third-order valence-corrected chi connectivity index (χ3v) is 5.14. The summed E-state index contributed by atoms with van der Waals surface area (Å²) in [7, 11) is 3.50. The molecule has 0 aliphatic carbocycles. The highest BCUT2D eigenvalue weighted by atomic mass is 32.1. The lowest BCUT2D eigenvalue weighted by molar-refractivity contribution is 0.211. The van der Waals surface area contributed by atoms with E-state index in [-0.39, 0.29) is 5.82 Å². The van der Waals surface area contributed by atoms with Gasteiger partial charge in [0, 0.05) is 49.1 Å². The average Bonchev–Trinajstić information content (AvgIpc) is 3.31. The SMILES string of the molecule is COCCNc1cc(F)ccc1-c1nnc(-c2cnn(C)c2)c2ccsc12. The normalized spacial score (nSPS) is 11.2. The molecule has 0 bridgehead atoms. The molecule has 138 valence electrons. The molecule has 0 spiro atoms. The van der Waals surface area contributed by atoms with Crippen molar-refractivity contribution in [3.8, 4) is 22.5 Å². The van der Waals surface area contributed by atoms with Crippen molar-refractivity contribution in [3.63, 3.8) is 0 Å². The van der Waals surface area contributed by atoms with Gasteiger partial charge in [-0.05, 0) is 29.6 Å². The van der Waals surface area contributed by atoms with E-state index in [0.717, 1.165) is 32.6 Å². The van der Waals surface area contributed by atoms with Crippen molar-refractivity contribution < 1.29 is 9.13 Å². The predicted molar refractivity (Wildman–Crippen MR) is 105 cm³/mol. The minimum atomic E-state index is -0.305. The van der Waals surface area contributed by atoms with Crippen molar-refractivity contribution in [2.45, 2.75) is 0 Å². The molecule has 0 radical (unpaired) electrons. The molecule has 1 aromatic carbocycles. The van der Waals surface area contributed by atoms with Gasteiger partial charge in [-0.2, -0.15) is 5.10 Å². The van der Waals surface area contributed by atoms with Crippen LogP contribution in [0.4, 0.5) is 10.1 Å². The maximum Gasteiger partial charge on any atom is 0.125 e. The molecule has 0 unspecified atom stereocenters. The first-order chi connectivity index (χ1) is 13.2. The Balaban J connectivity index is 1.83. The molecule has 8 heteroatoms. The smallest absolute Gasteiger partial charge is 0.125 e. The number of nitrogens with one attached hydrogen (secondary N) is 1. The number of methoxy groups -OCH3 is 1. The van der Waals surface area contributed by atoms with Crippen LogP contribution >= 0.6 is 11.3 Å². The zero-order valence-corrected chi connectivity index (χ0v) is 15.8. The van der Waals surface area contributed by atoms with Crippen LogP contribution in [0.2, 0.25) is 0 Å². The van der Waals surface area contributed by atoms with Gasteiger partial charge < -0.3 is 10.1 Å². The Labute approximate surface area is 159 Å². The fourth-order valence-electron chi connectivity index (χ4n) is 2.97. The maximum atomic E-state index is 13.8. The minimum absolute atomic E-state index is 0.305. The van der Waals surface area contributed by atoms with Crippen LogP contribution in [-0.2, 0) is 11.8 Å². The summed E-state index contributed by atoms with van der Waals surface area (Å²) in [5.41, 5.74) is 3.92. The van der Waals surface area contributed by atoms with Crippen LogP contribution in [0.1, 0.15) is 0 Å². The van der Waals surface area contributed by atoms with Crippen molar-refractivity contribution in [1.82, 2.24) is 20.0 Å². The Morgan fingerprint density at radius 1 is 1.22 bits per heavy atom. The predicted octanol–water partition coefficient (Wildman–Crippen LogP) is 3.96. The number of ether oxygens (including phenoxy) is 1. The molecule has 3 aromatic heterocycles. The zero-order chi connectivity index (χ0) is 18.8. The number of rotatable bonds is 6. The molecular weight excluding hydrogens is 365 g/mol. The molecule has 6 nitrogen and oxygen atoms in total. The first-order valence-electron chi connectivity index (χ1n) is 8.43. The summed E-state index contributed by atoms with van der Waals surface area (Å²) in [4.78, 5) is 0. The van der Waals surface area contributed by atoms with Crippen LogP contribution < -0.4 is 5.32 Å². The number of anilines is 1. The van der Waals surface area contributed by atoms with Crippen molar-refractivity contribution >= 4 is 27.1 Å². The van der Waals surface area contributed by atoms with E-state index < -0.39 is 0 Å². The highest BCUT2D eigenvalue weighted by Crippen LogP contribution is 2.38. The summed E-state index contributed by atoms with van der Waals surface area (Å²) in [6.07, 6.45) is 3.69. The standard InChI is InChI=1S/C19H18FN5OS/c1-25-11-12(10-22-25)17-15-5-8-27-19(15)18(24-23-17)14-4-3-13(20)9-16(14)21-6-7-26-2/h3-5,8-11,21H,6-7H2,1-2H3. The largest absolute Gasteiger partial charge is 0.383 e. The van der Waals surface area contributed by atoms with Crippen LogP contribution in [-0.4, -0.2) is 40.2 Å². The van der Waals surface area contributed by atoms with Crippen LogP contribution in [0.15, 0.2) is 42.0 Å². The van der Waals surface area contributed by atoms with E-state index in [9.17, 15) is 4.39 Å². The maximum absolute atomic E-state index is 13.8. The molecule has 27 heavy (non-hydrogen) atoms. The lowest BCUT2D eigenvalue weighted by atomic mass is 10.1. The number of hydrogen-bond donors (Lipinski definition) is 1. The van der Waals surface area contributed by atoms with E-state index in [0.29, 0.717) is 18.8 Å². The monoisotopic (exact) mass is 383 g/mol. The second kappa shape index (κ2) is 7.42. The van der Waals surface area contributed by atoms with Crippen molar-refractivity contribution in [1.29, 1.82) is 0 Å². The van der Waals surface area contributed by atoms with Gasteiger partial charge in [0.05, 0.1) is 17.5 Å². The van der Waals surface area contributed by atoms with Crippen molar-refractivity contribution in [2.24, 2.45) is 7.05 Å². The first kappa shape index (κ1) is 17.6. The number of thiophene rings is 1. The number of hydrogen-bond acceptors (Lipinski definition) is 6. The Morgan fingerprint density at radius 2 is 2.07 bits per heavy atom. The topological polar surface area (TPSA) is 64.9 Å². The van der Waals surface area contributed by atoms with E-state index in [1.165, 1.54) is 12.1 Å². The first-order valence-corrected chi connectivity index (χ1v) is 9.31. The Kier molecular flexibility index (Phi) is 4.83. The van der Waals surface area contributed by atoms with E-state index in [1.807, 2.05) is 24.7 Å². The third-order valence-electron chi connectivity index (χ3n) is 4.22. The number of nitrogens with zero attached hydrogens (tertiary/aromatic N) is 4. The van der Waals surface area contributed by atoms with Gasteiger partial charge in [-0.1, -0.05) is 0 Å². The molecule has 1 N–H and O–H groups in total. The Hall–Kier alpha value is -2.84. The van der Waals surface area contributed by atoms with Gasteiger partial charge in [0.1, 0.15) is 17.2 Å². The Morgan fingerprint density at radius 3 is 2.85 bits per heavy atom. The van der Waals surface area contributed by atoms with Gasteiger partial charge in [-0.15, -0.1) is 21.5 Å². The quantitative estimate of drug-likeness (QED) is 0.511. The molecule has 4 rings (SSSR count). The fourth-order valence-corrected chi connectivity index (χ4v) is 3.86. The molecule has 0 saturated carbocycles. The fraction of sp³-hybridized carbons (Fsp3) is 0.211. The van der Waals surface area contributed by atoms with E-state index in [4.69, 9.17) is 4.74 Å². The van der Waals surface area contributed by atoms with E-state index in [1.54, 1.807) is 35.4 Å². The summed E-state index contributed by atoms with van der Waals surface area (Å²) in [6, 6.07) is 6.67. The summed E-state index contributed by atoms with van der Waals surface area (Å²) in [5.74, 6) is -0.305. The molecule has 0 aliphatic heterocycles. The highest BCUT2D eigenvalue weighted by Gasteiger charge is 2.17. The molecule has 0 fully saturated rings. The summed E-state index contributed by atoms with van der Waals surface area (Å²) >= 11 is 1.59. The second-order valence-electron chi connectivity index (χ2n) is 6.07. The summed E-state index contributed by atoms with van der Waals surface area (Å²) < 4.78 is 21.6. The average molecular weight is 383 g/mol. The number of aromatic nitrogens is 4. The van der Waals surface area contributed by atoms with Gasteiger partial charge >= 0.3 is 0 Å². The number of fused-ring (bicyclic) bond motifs is 1. The lowest BCUT2D eigenvalue weighted by Gasteiger charge is -2.12. The summed E-state index contributed by atoms with van der Waals surface area (Å²) in [5, 5.41) is 19.4. The van der Waals surface area contributed by atoms with Crippen molar-refractivity contribution in [2.75, 3.05) is 25.6 Å². The molecule has 0 aliphatic rings. The van der Waals surface area contributed by atoms with Crippen molar-refractivity contribution in [3.05, 3.63) is 47.9 Å². The van der Waals surface area contributed by atoms with Crippen LogP contribution in [0.25, 0.3) is 32.6 Å². The number of halogens is 1. The van der Waals surface area contributed by atoms with Crippen LogP contribution in [0.5, 0.6) is 0 Å². The molecule has 4 aromatic rings. The highest BCUT2D eigenvalue weighted by molar-refractivity contribution is 7.17. The minimum Gasteiger partial charge on any atom is -0.383 e. The van der Waals surface area contributed by atoms with Gasteiger partial charge in [0.15, 0.2) is 0 Å². The molecule has 0 saturated heterocycles. The molecule has 0 amide bonds. The Bertz CT molecular complexity index is 1090. The zero-order valence-electron chi connectivity index (χ0n) is 14.9. The third kappa shape index (κ3) is 3.41. The van der Waals surface area contributed by atoms with Gasteiger partial charge in [0.25, 0.3) is 0 Å². The summed E-state index contributed by atoms with van der Waals surface area (Å²) in [6.45, 7) is 1.09. The number of aryl methyl sites for hydroxylation is 1. The molecular formula is C19H18FN5OS. The van der Waals surface area contributed by atoms with Gasteiger partial charge in [-0.3, -0.25) is 4.68 Å². The second-order valence-corrected chi connectivity index (χ2v) is 6.99. The molecule has 3 heterocycles. The van der Waals surface area contributed by atoms with Gasteiger partial charge in [-0.25, -0.2) is 4.39 Å². The van der Waals surface area contributed by atoms with Gasteiger partial charge in [0.2, 0.25) is 0 Å².